The van der Waals surface area contributed by atoms with Crippen LogP contribution in [0.1, 0.15) is 12.8 Å². The first kappa shape index (κ1) is 12.7. The summed E-state index contributed by atoms with van der Waals surface area (Å²) in [6.45, 7) is 0.209. The van der Waals surface area contributed by atoms with Gasteiger partial charge in [-0.15, -0.1) is 12.3 Å². The van der Waals surface area contributed by atoms with E-state index in [9.17, 15) is 12.8 Å². The summed E-state index contributed by atoms with van der Waals surface area (Å²) in [6, 6.07) is 5.24. The molecule has 0 spiro atoms. The average Bonchev–Trinajstić information content (AvgIpc) is 2.25. The Labute approximate surface area is 94.7 Å². The van der Waals surface area contributed by atoms with Crippen molar-refractivity contribution in [3.63, 3.8) is 0 Å². The molecule has 1 aromatic rings. The Morgan fingerprint density at radius 3 is 2.69 bits per heavy atom. The highest BCUT2D eigenvalue weighted by molar-refractivity contribution is 7.89. The molecule has 0 heterocycles. The van der Waals surface area contributed by atoms with E-state index in [-0.39, 0.29) is 11.4 Å². The van der Waals surface area contributed by atoms with Gasteiger partial charge in [0, 0.05) is 13.0 Å². The van der Waals surface area contributed by atoms with Crippen LogP contribution in [-0.2, 0) is 10.0 Å². The first-order chi connectivity index (χ1) is 7.58. The van der Waals surface area contributed by atoms with Gasteiger partial charge < -0.3 is 0 Å². The van der Waals surface area contributed by atoms with Gasteiger partial charge in [0.2, 0.25) is 10.0 Å². The second kappa shape index (κ2) is 5.64. The minimum Gasteiger partial charge on any atom is -0.211 e. The van der Waals surface area contributed by atoms with E-state index >= 15 is 0 Å². The van der Waals surface area contributed by atoms with E-state index in [1.165, 1.54) is 18.2 Å². The molecule has 0 unspecified atom stereocenters. The van der Waals surface area contributed by atoms with Crippen molar-refractivity contribution in [2.75, 3.05) is 6.54 Å². The van der Waals surface area contributed by atoms with Crippen LogP contribution in [0.15, 0.2) is 29.2 Å². The highest BCUT2D eigenvalue weighted by Gasteiger charge is 2.17. The van der Waals surface area contributed by atoms with E-state index in [1.807, 2.05) is 0 Å². The molecule has 5 heteroatoms. The highest BCUT2D eigenvalue weighted by Crippen LogP contribution is 2.12. The number of benzene rings is 1. The van der Waals surface area contributed by atoms with Crippen molar-refractivity contribution >= 4 is 10.0 Å². The molecular formula is C11H12FNO2S. The van der Waals surface area contributed by atoms with Gasteiger partial charge in [0.25, 0.3) is 0 Å². The number of unbranched alkanes of at least 4 members (excludes halogenated alkanes) is 1. The molecule has 0 aliphatic carbocycles. The van der Waals surface area contributed by atoms with Crippen LogP contribution in [0.4, 0.5) is 4.39 Å². The third kappa shape index (κ3) is 3.33. The summed E-state index contributed by atoms with van der Waals surface area (Å²) in [5, 5.41) is 0. The van der Waals surface area contributed by atoms with Crippen LogP contribution in [0.3, 0.4) is 0 Å². The van der Waals surface area contributed by atoms with Crippen molar-refractivity contribution in [2.45, 2.75) is 17.7 Å². The Balaban J connectivity index is 2.72. The summed E-state index contributed by atoms with van der Waals surface area (Å²) < 4.78 is 38.7. The van der Waals surface area contributed by atoms with Gasteiger partial charge in [0.05, 0.1) is 0 Å². The zero-order chi connectivity index (χ0) is 12.0. The van der Waals surface area contributed by atoms with Crippen LogP contribution in [0.2, 0.25) is 0 Å². The fourth-order valence-corrected chi connectivity index (χ4v) is 2.29. The standard InChI is InChI=1S/C11H12FNO2S/c1-2-3-6-9-13-16(14,15)11-8-5-4-7-10(11)12/h1,4-5,7-8,13H,3,6,9H2. The lowest BCUT2D eigenvalue weighted by molar-refractivity contribution is 0.556. The zero-order valence-corrected chi connectivity index (χ0v) is 9.43. The van der Waals surface area contributed by atoms with Crippen molar-refractivity contribution in [3.05, 3.63) is 30.1 Å². The molecule has 16 heavy (non-hydrogen) atoms. The van der Waals surface area contributed by atoms with Gasteiger partial charge in [-0.1, -0.05) is 12.1 Å². The molecule has 1 N–H and O–H groups in total. The van der Waals surface area contributed by atoms with Crippen molar-refractivity contribution in [1.82, 2.24) is 4.72 Å². The van der Waals surface area contributed by atoms with Gasteiger partial charge in [-0.2, -0.15) is 0 Å². The van der Waals surface area contributed by atoms with Crippen molar-refractivity contribution in [2.24, 2.45) is 0 Å². The van der Waals surface area contributed by atoms with E-state index in [2.05, 4.69) is 10.6 Å². The zero-order valence-electron chi connectivity index (χ0n) is 8.61. The first-order valence-corrected chi connectivity index (χ1v) is 6.24. The van der Waals surface area contributed by atoms with Crippen molar-refractivity contribution in [3.8, 4) is 12.3 Å². The van der Waals surface area contributed by atoms with Crippen LogP contribution >= 0.6 is 0 Å². The topological polar surface area (TPSA) is 46.2 Å². The molecule has 86 valence electrons. The number of terminal acetylenes is 1. The summed E-state index contributed by atoms with van der Waals surface area (Å²) in [5.74, 6) is 1.64. The molecule has 0 fully saturated rings. The predicted octanol–water partition coefficient (Wildman–Crippen LogP) is 1.52. The number of rotatable bonds is 5. The van der Waals surface area contributed by atoms with Crippen LogP contribution in [0, 0.1) is 18.2 Å². The molecule has 0 saturated heterocycles. The van der Waals surface area contributed by atoms with Gasteiger partial charge in [-0.05, 0) is 18.6 Å². The Kier molecular flexibility index (Phi) is 4.47. The van der Waals surface area contributed by atoms with E-state index in [1.54, 1.807) is 0 Å². The van der Waals surface area contributed by atoms with Gasteiger partial charge in [0.1, 0.15) is 10.7 Å². The second-order valence-electron chi connectivity index (χ2n) is 3.14. The van der Waals surface area contributed by atoms with E-state index < -0.39 is 15.8 Å². The number of halogens is 1. The Hall–Kier alpha value is -1.38. The summed E-state index contributed by atoms with van der Waals surface area (Å²) in [6.07, 6.45) is 6.04. The van der Waals surface area contributed by atoms with Crippen LogP contribution in [0.5, 0.6) is 0 Å². The molecule has 0 aliphatic heterocycles. The molecule has 0 aliphatic rings. The van der Waals surface area contributed by atoms with Gasteiger partial charge in [-0.3, -0.25) is 0 Å². The van der Waals surface area contributed by atoms with Crippen LogP contribution in [-0.4, -0.2) is 15.0 Å². The quantitative estimate of drug-likeness (QED) is 0.627. The van der Waals surface area contributed by atoms with E-state index in [4.69, 9.17) is 6.42 Å². The molecule has 0 radical (unpaired) electrons. The number of hydrogen-bond acceptors (Lipinski definition) is 2. The largest absolute Gasteiger partial charge is 0.243 e. The van der Waals surface area contributed by atoms with Crippen molar-refractivity contribution in [1.29, 1.82) is 0 Å². The Bertz CT molecular complexity index is 491. The third-order valence-electron chi connectivity index (χ3n) is 1.92. The lowest BCUT2D eigenvalue weighted by Gasteiger charge is -2.06. The van der Waals surface area contributed by atoms with Crippen LogP contribution < -0.4 is 4.72 Å². The maximum absolute atomic E-state index is 13.2. The number of nitrogens with one attached hydrogen (secondary N) is 1. The normalized spacial score (nSPS) is 11.0. The third-order valence-corrected chi connectivity index (χ3v) is 3.41. The Morgan fingerprint density at radius 1 is 1.38 bits per heavy atom. The number of sulfonamides is 1. The molecular weight excluding hydrogens is 229 g/mol. The fraction of sp³-hybridized carbons (Fsp3) is 0.273. The minimum atomic E-state index is -3.77. The summed E-state index contributed by atoms with van der Waals surface area (Å²) in [4.78, 5) is -0.337. The molecule has 0 bridgehead atoms. The molecule has 3 nitrogen and oxygen atoms in total. The van der Waals surface area contributed by atoms with Crippen molar-refractivity contribution < 1.29 is 12.8 Å². The highest BCUT2D eigenvalue weighted by atomic mass is 32.2. The predicted molar refractivity (Wildman–Crippen MR) is 59.7 cm³/mol. The van der Waals surface area contributed by atoms with Gasteiger partial charge >= 0.3 is 0 Å². The number of hydrogen-bond donors (Lipinski definition) is 1. The van der Waals surface area contributed by atoms with E-state index in [0.717, 1.165) is 6.07 Å². The average molecular weight is 241 g/mol. The van der Waals surface area contributed by atoms with Gasteiger partial charge in [-0.25, -0.2) is 17.5 Å². The summed E-state index contributed by atoms with van der Waals surface area (Å²) in [7, 11) is -3.77. The molecule has 1 aromatic carbocycles. The molecule has 0 aromatic heterocycles. The maximum atomic E-state index is 13.2. The minimum absolute atomic E-state index is 0.209. The molecule has 0 atom stereocenters. The molecule has 1 rings (SSSR count). The molecule has 0 amide bonds. The smallest absolute Gasteiger partial charge is 0.211 e. The monoisotopic (exact) mass is 241 g/mol. The molecule has 0 saturated carbocycles. The second-order valence-corrected chi connectivity index (χ2v) is 4.87. The van der Waals surface area contributed by atoms with Crippen LogP contribution in [0.25, 0.3) is 0 Å². The fourth-order valence-electron chi connectivity index (χ4n) is 1.14. The lowest BCUT2D eigenvalue weighted by Crippen LogP contribution is -2.25. The maximum Gasteiger partial charge on any atom is 0.243 e. The Morgan fingerprint density at radius 2 is 2.06 bits per heavy atom. The summed E-state index contributed by atoms with van der Waals surface area (Å²) in [5.41, 5.74) is 0. The SMILES string of the molecule is C#CCCCNS(=O)(=O)c1ccccc1F. The summed E-state index contributed by atoms with van der Waals surface area (Å²) >= 11 is 0. The first-order valence-electron chi connectivity index (χ1n) is 4.75. The van der Waals surface area contributed by atoms with Gasteiger partial charge in [0.15, 0.2) is 0 Å². The lowest BCUT2D eigenvalue weighted by atomic mass is 10.3. The van der Waals surface area contributed by atoms with E-state index in [0.29, 0.717) is 12.8 Å².